The average molecular weight is 349 g/mol. The molecular weight excluding hydrogens is 334 g/mol. The van der Waals surface area contributed by atoms with E-state index in [9.17, 15) is 4.79 Å². The highest BCUT2D eigenvalue weighted by molar-refractivity contribution is 7.07. The van der Waals surface area contributed by atoms with E-state index in [1.807, 2.05) is 58.6 Å². The fourth-order valence-corrected chi connectivity index (χ4v) is 3.34. The number of fused-ring (bicyclic) bond motifs is 1. The molecule has 2 aromatic carbocycles. The molecular formula is C18H15N5OS. The van der Waals surface area contributed by atoms with Gasteiger partial charge in [0.15, 0.2) is 4.80 Å². The first kappa shape index (κ1) is 15.5. The van der Waals surface area contributed by atoms with Gasteiger partial charge in [-0.2, -0.15) is 4.99 Å². The first-order valence-electron chi connectivity index (χ1n) is 7.83. The predicted molar refractivity (Wildman–Crippen MR) is 96.0 cm³/mol. The lowest BCUT2D eigenvalue weighted by Gasteiger charge is -2.03. The maximum atomic E-state index is 12.4. The van der Waals surface area contributed by atoms with Gasteiger partial charge in [-0.15, -0.1) is 16.4 Å². The van der Waals surface area contributed by atoms with E-state index in [0.29, 0.717) is 11.3 Å². The third kappa shape index (κ3) is 3.41. The Morgan fingerprint density at radius 2 is 1.88 bits per heavy atom. The standard InChI is InChI=1S/C18H15N5OS/c24-17(13-23-16-9-5-4-8-15(16)20-21-23)19-18-22(10-11-25-18)12-14-6-2-1-3-7-14/h1-11H,12-13H2. The van der Waals surface area contributed by atoms with Crippen LogP contribution in [0.5, 0.6) is 0 Å². The third-order valence-electron chi connectivity index (χ3n) is 3.78. The van der Waals surface area contributed by atoms with Gasteiger partial charge in [0.2, 0.25) is 0 Å². The van der Waals surface area contributed by atoms with Crippen LogP contribution >= 0.6 is 11.3 Å². The number of carbonyl (C=O) groups excluding carboxylic acids is 1. The zero-order valence-corrected chi connectivity index (χ0v) is 14.1. The molecule has 7 heteroatoms. The number of carbonyl (C=O) groups is 1. The van der Waals surface area contributed by atoms with Crippen LogP contribution in [0.2, 0.25) is 0 Å². The average Bonchev–Trinajstić information content (AvgIpc) is 3.23. The van der Waals surface area contributed by atoms with Crippen molar-refractivity contribution >= 4 is 28.3 Å². The summed E-state index contributed by atoms with van der Waals surface area (Å²) in [5.74, 6) is -0.250. The SMILES string of the molecule is O=C(Cn1nnc2ccccc21)N=c1sccn1Cc1ccccc1. The number of hydrogen-bond donors (Lipinski definition) is 0. The largest absolute Gasteiger partial charge is 0.319 e. The molecule has 0 spiro atoms. The van der Waals surface area contributed by atoms with E-state index < -0.39 is 0 Å². The number of thiazole rings is 1. The summed E-state index contributed by atoms with van der Waals surface area (Å²) in [7, 11) is 0. The first-order valence-corrected chi connectivity index (χ1v) is 8.71. The van der Waals surface area contributed by atoms with Crippen molar-refractivity contribution in [1.82, 2.24) is 19.6 Å². The van der Waals surface area contributed by atoms with Crippen molar-refractivity contribution in [3.05, 3.63) is 76.5 Å². The quantitative estimate of drug-likeness (QED) is 0.568. The minimum Gasteiger partial charge on any atom is -0.319 e. The number of hydrogen-bond acceptors (Lipinski definition) is 4. The molecule has 1 amide bonds. The summed E-state index contributed by atoms with van der Waals surface area (Å²) in [6.45, 7) is 0.756. The molecule has 0 saturated carbocycles. The van der Waals surface area contributed by atoms with Crippen molar-refractivity contribution in [3.8, 4) is 0 Å². The highest BCUT2D eigenvalue weighted by Crippen LogP contribution is 2.09. The van der Waals surface area contributed by atoms with Crippen LogP contribution in [0.1, 0.15) is 5.56 Å². The van der Waals surface area contributed by atoms with Crippen molar-refractivity contribution in [2.75, 3.05) is 0 Å². The van der Waals surface area contributed by atoms with Crippen LogP contribution in [-0.2, 0) is 17.9 Å². The Balaban J connectivity index is 1.57. The summed E-state index contributed by atoms with van der Waals surface area (Å²) in [6, 6.07) is 17.6. The molecule has 25 heavy (non-hydrogen) atoms. The van der Waals surface area contributed by atoms with Crippen LogP contribution < -0.4 is 4.80 Å². The van der Waals surface area contributed by atoms with Crippen LogP contribution in [0.4, 0.5) is 0 Å². The van der Waals surface area contributed by atoms with Gasteiger partial charge in [0.25, 0.3) is 5.91 Å². The molecule has 4 rings (SSSR count). The molecule has 0 aliphatic rings. The van der Waals surface area contributed by atoms with Crippen LogP contribution in [0.3, 0.4) is 0 Å². The number of rotatable bonds is 4. The fourth-order valence-electron chi connectivity index (χ4n) is 2.59. The molecule has 0 bridgehead atoms. The van der Waals surface area contributed by atoms with Crippen LogP contribution in [0, 0.1) is 0 Å². The Morgan fingerprint density at radius 1 is 1.08 bits per heavy atom. The number of aromatic nitrogens is 4. The summed E-state index contributed by atoms with van der Waals surface area (Å²) in [5, 5.41) is 10.0. The number of amides is 1. The van der Waals surface area contributed by atoms with E-state index >= 15 is 0 Å². The van der Waals surface area contributed by atoms with Crippen molar-refractivity contribution in [2.24, 2.45) is 4.99 Å². The molecule has 2 heterocycles. The van der Waals surface area contributed by atoms with Crippen LogP contribution in [0.25, 0.3) is 11.0 Å². The Morgan fingerprint density at radius 3 is 2.76 bits per heavy atom. The van der Waals surface area contributed by atoms with Gasteiger partial charge in [0, 0.05) is 18.1 Å². The minimum absolute atomic E-state index is 0.0732. The van der Waals surface area contributed by atoms with Gasteiger partial charge in [-0.05, 0) is 17.7 Å². The van der Waals surface area contributed by atoms with Crippen molar-refractivity contribution in [1.29, 1.82) is 0 Å². The highest BCUT2D eigenvalue weighted by atomic mass is 32.1. The van der Waals surface area contributed by atoms with Crippen molar-refractivity contribution in [2.45, 2.75) is 13.1 Å². The van der Waals surface area contributed by atoms with E-state index in [1.54, 1.807) is 4.68 Å². The normalized spacial score (nSPS) is 11.9. The van der Waals surface area contributed by atoms with E-state index in [4.69, 9.17) is 0 Å². The number of para-hydroxylation sites is 1. The van der Waals surface area contributed by atoms with Gasteiger partial charge in [-0.1, -0.05) is 47.7 Å². The summed E-state index contributed by atoms with van der Waals surface area (Å²) >= 11 is 1.44. The van der Waals surface area contributed by atoms with Crippen LogP contribution in [-0.4, -0.2) is 25.5 Å². The molecule has 4 aromatic rings. The lowest BCUT2D eigenvalue weighted by Crippen LogP contribution is -2.19. The maximum Gasteiger partial charge on any atom is 0.270 e. The van der Waals surface area contributed by atoms with E-state index in [2.05, 4.69) is 27.4 Å². The molecule has 0 aliphatic carbocycles. The molecule has 0 saturated heterocycles. The molecule has 2 aromatic heterocycles. The third-order valence-corrected chi connectivity index (χ3v) is 4.58. The van der Waals surface area contributed by atoms with E-state index in [-0.39, 0.29) is 12.5 Å². The minimum atomic E-state index is -0.250. The van der Waals surface area contributed by atoms with Gasteiger partial charge < -0.3 is 4.57 Å². The van der Waals surface area contributed by atoms with Crippen molar-refractivity contribution in [3.63, 3.8) is 0 Å². The zero-order valence-electron chi connectivity index (χ0n) is 13.3. The highest BCUT2D eigenvalue weighted by Gasteiger charge is 2.08. The summed E-state index contributed by atoms with van der Waals surface area (Å²) in [4.78, 5) is 17.3. The lowest BCUT2D eigenvalue weighted by molar-refractivity contribution is -0.118. The van der Waals surface area contributed by atoms with E-state index in [0.717, 1.165) is 16.6 Å². The van der Waals surface area contributed by atoms with E-state index in [1.165, 1.54) is 11.3 Å². The molecule has 6 nitrogen and oxygen atoms in total. The number of benzene rings is 2. The molecule has 0 atom stereocenters. The molecule has 124 valence electrons. The lowest BCUT2D eigenvalue weighted by atomic mass is 10.2. The van der Waals surface area contributed by atoms with Gasteiger partial charge in [0.1, 0.15) is 12.1 Å². The Kier molecular flexibility index (Phi) is 4.22. The Bertz CT molecular complexity index is 1080. The topological polar surface area (TPSA) is 65.1 Å². The molecule has 0 radical (unpaired) electrons. The Labute approximate surface area is 147 Å². The van der Waals surface area contributed by atoms with Crippen molar-refractivity contribution < 1.29 is 4.79 Å². The second kappa shape index (κ2) is 6.82. The van der Waals surface area contributed by atoms with Gasteiger partial charge in [-0.3, -0.25) is 4.79 Å². The van der Waals surface area contributed by atoms with Crippen LogP contribution in [0.15, 0.2) is 71.2 Å². The molecule has 0 fully saturated rings. The second-order valence-corrected chi connectivity index (χ2v) is 6.41. The van der Waals surface area contributed by atoms with Gasteiger partial charge >= 0.3 is 0 Å². The molecule has 0 N–H and O–H groups in total. The molecule has 0 unspecified atom stereocenters. The zero-order chi connectivity index (χ0) is 17.1. The summed E-state index contributed by atoms with van der Waals surface area (Å²) < 4.78 is 3.55. The monoisotopic (exact) mass is 349 g/mol. The first-order chi connectivity index (χ1) is 12.3. The summed E-state index contributed by atoms with van der Waals surface area (Å²) in [6.07, 6.45) is 1.94. The molecule has 0 aliphatic heterocycles. The second-order valence-electron chi connectivity index (χ2n) is 5.54. The van der Waals surface area contributed by atoms with Gasteiger partial charge in [-0.25, -0.2) is 4.68 Å². The Hall–Kier alpha value is -3.06. The predicted octanol–water partition coefficient (Wildman–Crippen LogP) is 2.47. The fraction of sp³-hybridized carbons (Fsp3) is 0.111. The smallest absolute Gasteiger partial charge is 0.270 e. The van der Waals surface area contributed by atoms with Gasteiger partial charge in [0.05, 0.1) is 5.52 Å². The summed E-state index contributed by atoms with van der Waals surface area (Å²) in [5.41, 5.74) is 2.76. The maximum absolute atomic E-state index is 12.4. The number of nitrogens with zero attached hydrogens (tertiary/aromatic N) is 5.